The van der Waals surface area contributed by atoms with Crippen molar-refractivity contribution in [2.45, 2.75) is 39.5 Å². The van der Waals surface area contributed by atoms with Gasteiger partial charge in [0.05, 0.1) is 0 Å². The van der Waals surface area contributed by atoms with Crippen molar-refractivity contribution in [2.24, 2.45) is 17.6 Å². The average molecular weight is 180 g/mol. The molecule has 1 fully saturated rings. The van der Waals surface area contributed by atoms with E-state index in [0.29, 0.717) is 5.92 Å². The maximum absolute atomic E-state index is 7.31. The van der Waals surface area contributed by atoms with Gasteiger partial charge in [0, 0.05) is 11.9 Å². The van der Waals surface area contributed by atoms with E-state index < -0.39 is 0 Å². The van der Waals surface area contributed by atoms with Crippen LogP contribution in [0.2, 0.25) is 0 Å². The van der Waals surface area contributed by atoms with Crippen LogP contribution in [0.15, 0.2) is 11.3 Å². The predicted molar refractivity (Wildman–Crippen MR) is 56.8 cm³/mol. The fraction of sp³-hybridized carbons (Fsp3) is 0.727. The van der Waals surface area contributed by atoms with Crippen LogP contribution in [0.3, 0.4) is 0 Å². The van der Waals surface area contributed by atoms with Crippen molar-refractivity contribution < 1.29 is 0 Å². The summed E-state index contributed by atoms with van der Waals surface area (Å²) in [5.74, 6) is 1.42. The molecule has 0 heterocycles. The van der Waals surface area contributed by atoms with E-state index in [1.54, 1.807) is 0 Å². The molecule has 0 unspecified atom stereocenters. The molecule has 0 atom stereocenters. The Bertz CT molecular complexity index is 206. The van der Waals surface area contributed by atoms with Crippen molar-refractivity contribution in [2.75, 3.05) is 0 Å². The Morgan fingerprint density at radius 1 is 1.31 bits per heavy atom. The Labute approximate surface area is 80.7 Å². The zero-order valence-electron chi connectivity index (χ0n) is 8.64. The second-order valence-corrected chi connectivity index (χ2v) is 4.24. The quantitative estimate of drug-likeness (QED) is 0.631. The fourth-order valence-corrected chi connectivity index (χ4v) is 2.12. The van der Waals surface area contributed by atoms with Gasteiger partial charge in [-0.3, -0.25) is 0 Å². The molecule has 1 aliphatic carbocycles. The molecule has 74 valence electrons. The summed E-state index contributed by atoms with van der Waals surface area (Å²) >= 11 is 0. The normalized spacial score (nSPS) is 30.9. The van der Waals surface area contributed by atoms with Gasteiger partial charge in [0.25, 0.3) is 0 Å². The van der Waals surface area contributed by atoms with Crippen molar-refractivity contribution in [1.82, 2.24) is 0 Å². The van der Waals surface area contributed by atoms with Crippen LogP contribution >= 0.6 is 0 Å². The van der Waals surface area contributed by atoms with Gasteiger partial charge < -0.3 is 11.1 Å². The molecule has 0 aromatic rings. The van der Waals surface area contributed by atoms with Crippen LogP contribution in [-0.2, 0) is 0 Å². The summed E-state index contributed by atoms with van der Waals surface area (Å²) in [4.78, 5) is 0. The van der Waals surface area contributed by atoms with Gasteiger partial charge in [-0.1, -0.05) is 19.8 Å². The van der Waals surface area contributed by atoms with E-state index in [4.69, 9.17) is 11.1 Å². The molecule has 0 radical (unpaired) electrons. The van der Waals surface area contributed by atoms with Crippen LogP contribution in [0.1, 0.15) is 39.5 Å². The lowest BCUT2D eigenvalue weighted by molar-refractivity contribution is 0.324. The Morgan fingerprint density at radius 2 is 1.85 bits per heavy atom. The third-order valence-corrected chi connectivity index (χ3v) is 3.07. The van der Waals surface area contributed by atoms with Crippen molar-refractivity contribution >= 4 is 6.21 Å². The van der Waals surface area contributed by atoms with E-state index in [9.17, 15) is 0 Å². The molecule has 0 aromatic carbocycles. The molecule has 0 amide bonds. The highest BCUT2D eigenvalue weighted by Gasteiger charge is 2.21. The maximum Gasteiger partial charge on any atom is 0.0229 e. The van der Waals surface area contributed by atoms with E-state index >= 15 is 0 Å². The van der Waals surface area contributed by atoms with E-state index in [1.165, 1.54) is 31.9 Å². The zero-order chi connectivity index (χ0) is 9.84. The Kier molecular flexibility index (Phi) is 3.52. The van der Waals surface area contributed by atoms with Crippen molar-refractivity contribution in [3.8, 4) is 0 Å². The van der Waals surface area contributed by atoms with Crippen LogP contribution in [-0.4, -0.2) is 6.21 Å². The Morgan fingerprint density at radius 3 is 2.23 bits per heavy atom. The topological polar surface area (TPSA) is 49.9 Å². The Balaban J connectivity index is 2.62. The SMILES string of the molecule is C/C(N)=C(/C=N)C1CCC(C)CC1. The second kappa shape index (κ2) is 4.45. The molecule has 1 rings (SSSR count). The first-order valence-electron chi connectivity index (χ1n) is 5.12. The first-order chi connectivity index (χ1) is 6.15. The number of hydrogen-bond acceptors (Lipinski definition) is 2. The number of hydrogen-bond donors (Lipinski definition) is 2. The van der Waals surface area contributed by atoms with Crippen LogP contribution < -0.4 is 5.73 Å². The molecule has 1 saturated carbocycles. The zero-order valence-corrected chi connectivity index (χ0v) is 8.64. The van der Waals surface area contributed by atoms with Crippen LogP contribution in [0.5, 0.6) is 0 Å². The maximum atomic E-state index is 7.31. The summed E-state index contributed by atoms with van der Waals surface area (Å²) in [6.07, 6.45) is 6.43. The first kappa shape index (κ1) is 10.3. The minimum absolute atomic E-state index is 0.554. The summed E-state index contributed by atoms with van der Waals surface area (Å²) in [5.41, 5.74) is 7.63. The van der Waals surface area contributed by atoms with Gasteiger partial charge in [0.1, 0.15) is 0 Å². The summed E-state index contributed by atoms with van der Waals surface area (Å²) in [6, 6.07) is 0. The molecule has 0 bridgehead atoms. The van der Waals surface area contributed by atoms with Gasteiger partial charge in [-0.2, -0.15) is 0 Å². The van der Waals surface area contributed by atoms with Crippen molar-refractivity contribution in [3.63, 3.8) is 0 Å². The monoisotopic (exact) mass is 180 g/mol. The fourth-order valence-electron chi connectivity index (χ4n) is 2.12. The standard InChI is InChI=1S/C11H20N2/c1-8-3-5-10(6-4-8)11(7-12)9(2)13/h7-8,10,12H,3-6,13H2,1-2H3/b11-9+,12-7?. The summed E-state index contributed by atoms with van der Waals surface area (Å²) in [7, 11) is 0. The van der Waals surface area contributed by atoms with Gasteiger partial charge in [-0.05, 0) is 37.2 Å². The highest BCUT2D eigenvalue weighted by atomic mass is 14.6. The molecule has 0 saturated heterocycles. The van der Waals surface area contributed by atoms with E-state index in [0.717, 1.165) is 17.2 Å². The molecule has 1 aliphatic rings. The lowest BCUT2D eigenvalue weighted by atomic mass is 9.79. The summed E-state index contributed by atoms with van der Waals surface area (Å²) in [6.45, 7) is 4.21. The number of nitrogens with two attached hydrogens (primary N) is 1. The second-order valence-electron chi connectivity index (χ2n) is 4.24. The molecule has 2 nitrogen and oxygen atoms in total. The van der Waals surface area contributed by atoms with E-state index in [-0.39, 0.29) is 0 Å². The molecule has 0 aromatic heterocycles. The van der Waals surface area contributed by atoms with Crippen LogP contribution in [0.25, 0.3) is 0 Å². The van der Waals surface area contributed by atoms with Gasteiger partial charge in [0.2, 0.25) is 0 Å². The highest BCUT2D eigenvalue weighted by Crippen LogP contribution is 2.32. The number of nitrogens with one attached hydrogen (secondary N) is 1. The molecule has 2 heteroatoms. The average Bonchev–Trinajstić information content (AvgIpc) is 2.09. The minimum atomic E-state index is 0.554. The first-order valence-corrected chi connectivity index (χ1v) is 5.12. The number of rotatable bonds is 2. The van der Waals surface area contributed by atoms with Gasteiger partial charge >= 0.3 is 0 Å². The van der Waals surface area contributed by atoms with Gasteiger partial charge in [-0.25, -0.2) is 0 Å². The van der Waals surface area contributed by atoms with Crippen molar-refractivity contribution in [1.29, 1.82) is 5.41 Å². The van der Waals surface area contributed by atoms with E-state index in [1.807, 2.05) is 6.92 Å². The predicted octanol–water partition coefficient (Wildman–Crippen LogP) is 2.69. The smallest absolute Gasteiger partial charge is 0.0229 e. The molecular formula is C11H20N2. The summed E-state index contributed by atoms with van der Waals surface area (Å²) < 4.78 is 0. The third-order valence-electron chi connectivity index (χ3n) is 3.07. The number of allylic oxidation sites excluding steroid dienone is 2. The van der Waals surface area contributed by atoms with Crippen LogP contribution in [0, 0.1) is 17.2 Å². The summed E-state index contributed by atoms with van der Waals surface area (Å²) in [5, 5.41) is 7.31. The van der Waals surface area contributed by atoms with Crippen LogP contribution in [0.4, 0.5) is 0 Å². The molecular weight excluding hydrogens is 160 g/mol. The third kappa shape index (κ3) is 2.58. The molecule has 0 spiro atoms. The van der Waals surface area contributed by atoms with Gasteiger partial charge in [-0.15, -0.1) is 0 Å². The van der Waals surface area contributed by atoms with Gasteiger partial charge in [0.15, 0.2) is 0 Å². The van der Waals surface area contributed by atoms with E-state index in [2.05, 4.69) is 6.92 Å². The lowest BCUT2D eigenvalue weighted by Crippen LogP contribution is -2.17. The highest BCUT2D eigenvalue weighted by molar-refractivity contribution is 5.77. The molecule has 13 heavy (non-hydrogen) atoms. The minimum Gasteiger partial charge on any atom is -0.402 e. The Hall–Kier alpha value is -0.790. The largest absolute Gasteiger partial charge is 0.402 e. The molecule has 0 aliphatic heterocycles. The molecule has 3 N–H and O–H groups in total. The lowest BCUT2D eigenvalue weighted by Gasteiger charge is -2.27. The van der Waals surface area contributed by atoms with Crippen molar-refractivity contribution in [3.05, 3.63) is 11.3 Å².